The lowest BCUT2D eigenvalue weighted by Gasteiger charge is -2.33. The summed E-state index contributed by atoms with van der Waals surface area (Å²) in [6, 6.07) is 3.78. The number of carbonyl (C=O) groups excluding carboxylic acids is 10. The third-order valence-corrected chi connectivity index (χ3v) is 12.5. The van der Waals surface area contributed by atoms with Crippen molar-refractivity contribution in [2.24, 2.45) is 50.1 Å². The van der Waals surface area contributed by atoms with Crippen molar-refractivity contribution >= 4 is 81.9 Å². The topological polar surface area (TPSA) is 493 Å². The first-order valence-corrected chi connectivity index (χ1v) is 25.2. The Morgan fingerprint density at radius 2 is 1.35 bits per heavy atom. The molecule has 1 fully saturated rings. The van der Waals surface area contributed by atoms with Crippen molar-refractivity contribution in [2.45, 2.75) is 126 Å². The highest BCUT2D eigenvalue weighted by molar-refractivity contribution is 6.05. The molecule has 28 nitrogen and oxygen atoms in total. The molecule has 0 saturated carbocycles. The predicted molar refractivity (Wildman–Crippen MR) is 285 cm³/mol. The summed E-state index contributed by atoms with van der Waals surface area (Å²) >= 11 is 0. The van der Waals surface area contributed by atoms with Crippen LogP contribution in [0.3, 0.4) is 0 Å². The fraction of sp³-hybridized carbons (Fsp3) is 0.460. The van der Waals surface area contributed by atoms with E-state index in [-0.39, 0.29) is 88.5 Å². The number of hydrogen-bond acceptors (Lipinski definition) is 14. The summed E-state index contributed by atoms with van der Waals surface area (Å²) in [5, 5.41) is 25.6. The smallest absolute Gasteiger partial charge is 0.252 e. The number of imide groups is 1. The van der Waals surface area contributed by atoms with Crippen LogP contribution in [0, 0.1) is 11.3 Å². The van der Waals surface area contributed by atoms with Crippen molar-refractivity contribution in [3.8, 4) is 6.07 Å². The Hall–Kier alpha value is -9.13. The molecule has 3 aromatic rings. The number of nitrogens with one attached hydrogen (secondary N) is 7. The highest BCUT2D eigenvalue weighted by atomic mass is 16.2. The maximum absolute atomic E-state index is 15.4. The van der Waals surface area contributed by atoms with Crippen molar-refractivity contribution in [1.29, 1.82) is 5.26 Å². The number of H-pyrrole nitrogens is 1. The number of guanidine groups is 2. The van der Waals surface area contributed by atoms with E-state index >= 15 is 4.79 Å². The van der Waals surface area contributed by atoms with Crippen LogP contribution in [0.5, 0.6) is 0 Å². The Labute approximate surface area is 449 Å². The Bertz CT molecular complexity index is 2750. The van der Waals surface area contributed by atoms with Gasteiger partial charge in [0.2, 0.25) is 53.2 Å². The van der Waals surface area contributed by atoms with Gasteiger partial charge in [0.05, 0.1) is 11.6 Å². The summed E-state index contributed by atoms with van der Waals surface area (Å²) in [5.74, 6) is -10.4. The minimum atomic E-state index is -1.77. The molecule has 1 aliphatic rings. The number of carbonyl (C=O) groups is 10. The van der Waals surface area contributed by atoms with E-state index in [0.717, 1.165) is 6.92 Å². The van der Waals surface area contributed by atoms with Gasteiger partial charge in [-0.2, -0.15) is 5.26 Å². The van der Waals surface area contributed by atoms with E-state index in [1.165, 1.54) is 24.3 Å². The number of aliphatic imine (C=N–C) groups is 2. The van der Waals surface area contributed by atoms with Crippen molar-refractivity contribution in [3.63, 3.8) is 0 Å². The number of amides is 10. The normalized spacial score (nSPS) is 19.5. The van der Waals surface area contributed by atoms with Crippen molar-refractivity contribution in [2.75, 3.05) is 19.6 Å². The van der Waals surface area contributed by atoms with Gasteiger partial charge in [0.1, 0.15) is 42.3 Å². The zero-order chi connectivity index (χ0) is 57.5. The lowest BCUT2D eigenvalue weighted by atomic mass is 9.99. The molecule has 28 heteroatoms. The maximum atomic E-state index is 15.4. The molecule has 4 rings (SSSR count). The Morgan fingerprint density at radius 3 is 1.96 bits per heavy atom. The van der Waals surface area contributed by atoms with E-state index in [1.54, 1.807) is 30.5 Å². The van der Waals surface area contributed by atoms with Crippen LogP contribution in [0.1, 0.15) is 87.8 Å². The molecule has 0 radical (unpaired) electrons. The predicted octanol–water partition coefficient (Wildman–Crippen LogP) is -4.13. The van der Waals surface area contributed by atoms with Crippen molar-refractivity contribution in [3.05, 3.63) is 71.4 Å². The molecule has 420 valence electrons. The molecule has 2 heterocycles. The third kappa shape index (κ3) is 19.2. The summed E-state index contributed by atoms with van der Waals surface area (Å²) in [4.78, 5) is 152. The molecule has 21 N–H and O–H groups in total. The first kappa shape index (κ1) is 61.4. The monoisotopic (exact) mass is 1080 g/mol. The number of aromatic amines is 1. The largest absolute Gasteiger partial charge is 0.370 e. The quantitative estimate of drug-likeness (QED) is 0.0186. The Balaban J connectivity index is 1.96. The minimum absolute atomic E-state index is 0.0108. The molecular formula is C50H70N18O10. The van der Waals surface area contributed by atoms with Gasteiger partial charge in [0.15, 0.2) is 11.9 Å². The Morgan fingerprint density at radius 1 is 0.744 bits per heavy atom. The lowest BCUT2D eigenvalue weighted by molar-refractivity contribution is -0.154. The van der Waals surface area contributed by atoms with E-state index in [1.807, 2.05) is 6.07 Å². The van der Waals surface area contributed by atoms with Crippen LogP contribution in [0.2, 0.25) is 0 Å². The first-order valence-electron chi connectivity index (χ1n) is 25.2. The summed E-state index contributed by atoms with van der Waals surface area (Å²) in [5.41, 5.74) is 41.1. The summed E-state index contributed by atoms with van der Waals surface area (Å²) < 4.78 is 0. The van der Waals surface area contributed by atoms with E-state index in [9.17, 15) is 48.4 Å². The summed E-state index contributed by atoms with van der Waals surface area (Å²) in [6.07, 6.45) is -1.56. The van der Waals surface area contributed by atoms with Crippen LogP contribution in [0.15, 0.2) is 64.7 Å². The van der Waals surface area contributed by atoms with Gasteiger partial charge >= 0.3 is 0 Å². The number of primary amides is 2. The summed E-state index contributed by atoms with van der Waals surface area (Å²) in [7, 11) is 0. The standard InChI is InChI=1S/C50H70N18O10/c1-27(69)62-33(9-5-21-59-49(55)56)43(73)65-36-17-19-41(71)68(39(42(54)72)11-4-20-51)48(78)38(24-30-26-61-32-8-3-2-7-31(30)32)67-44(74)34(10-6-22-60-50(57)58)63-47(77)37(23-28-12-14-29(25-52)15-13-28)66-46(76)35(64-45(36)75)16-18-40(53)70/h2-3,7-8,12-15,26,33-39,61H,4-6,9-11,16-24,51H2,1H3,(H2,53,70)(H2,54,72)(H,62,69)(H,63,77)(H,64,75)(H,65,73)(H,66,76)(H,67,74)(H4,55,56,59)(H4,57,58,60)/t33-,34-,35-,36-,37+,38-,39-/m0/s1. The number of rotatable bonds is 23. The zero-order valence-electron chi connectivity index (χ0n) is 43.3. The third-order valence-electron chi connectivity index (χ3n) is 12.5. The van der Waals surface area contributed by atoms with Gasteiger partial charge in [0, 0.05) is 62.8 Å². The second-order valence-electron chi connectivity index (χ2n) is 18.5. The number of nitriles is 1. The van der Waals surface area contributed by atoms with Crippen LogP contribution >= 0.6 is 0 Å². The van der Waals surface area contributed by atoms with E-state index in [2.05, 4.69) is 46.9 Å². The van der Waals surface area contributed by atoms with E-state index in [4.69, 9.17) is 40.1 Å². The fourth-order valence-corrected chi connectivity index (χ4v) is 8.57. The van der Waals surface area contributed by atoms with Gasteiger partial charge in [-0.1, -0.05) is 30.3 Å². The van der Waals surface area contributed by atoms with Gasteiger partial charge in [-0.05, 0) is 87.2 Å². The Kier molecular flexibility index (Phi) is 24.0. The minimum Gasteiger partial charge on any atom is -0.370 e. The second-order valence-corrected chi connectivity index (χ2v) is 18.5. The molecule has 10 amide bonds. The molecule has 78 heavy (non-hydrogen) atoms. The average molecular weight is 1080 g/mol. The van der Waals surface area contributed by atoms with Crippen LogP contribution in [0.25, 0.3) is 10.9 Å². The second kappa shape index (κ2) is 30.4. The SMILES string of the molecule is CC(=O)N[C@@H](CCCN=C(N)N)C(=O)N[C@H]1CCC(=O)N([C@@H](CCCN)C(N)=O)C(=O)[C@H](Cc2c[nH]c3ccccc23)NC(=O)[C@H](CCCN=C(N)N)NC(=O)[C@@H](Cc2ccc(C#N)cc2)NC(=O)[C@H](CCC(N)=O)NC1=O. The van der Waals surface area contributed by atoms with Crippen LogP contribution < -0.4 is 72.0 Å². The molecule has 1 aliphatic heterocycles. The molecule has 1 aromatic heterocycles. The average Bonchev–Trinajstić information content (AvgIpc) is 3.82. The van der Waals surface area contributed by atoms with Gasteiger partial charge in [-0.15, -0.1) is 0 Å². The molecule has 0 aliphatic carbocycles. The van der Waals surface area contributed by atoms with Crippen LogP contribution in [0.4, 0.5) is 0 Å². The lowest BCUT2D eigenvalue weighted by Crippen LogP contribution is -2.62. The molecule has 0 spiro atoms. The molecule has 0 bridgehead atoms. The number of hydrogen-bond donors (Lipinski definition) is 14. The van der Waals surface area contributed by atoms with Gasteiger partial charge in [-0.3, -0.25) is 62.8 Å². The highest BCUT2D eigenvalue weighted by Crippen LogP contribution is 2.22. The van der Waals surface area contributed by atoms with Crippen molar-refractivity contribution in [1.82, 2.24) is 41.8 Å². The van der Waals surface area contributed by atoms with Crippen LogP contribution in [-0.2, 0) is 60.8 Å². The molecule has 1 saturated heterocycles. The molecule has 0 unspecified atom stereocenters. The van der Waals surface area contributed by atoms with E-state index in [0.29, 0.717) is 26.9 Å². The maximum Gasteiger partial charge on any atom is 0.252 e. The molecular weight excluding hydrogens is 1010 g/mol. The van der Waals surface area contributed by atoms with E-state index < -0.39 is 127 Å². The first-order chi connectivity index (χ1) is 37.1. The highest BCUT2D eigenvalue weighted by Gasteiger charge is 2.40. The fourth-order valence-electron chi connectivity index (χ4n) is 8.57. The van der Waals surface area contributed by atoms with Gasteiger partial charge in [0.25, 0.3) is 5.91 Å². The molecule has 2 aromatic carbocycles. The number of nitrogens with two attached hydrogens (primary N) is 7. The number of para-hydroxylation sites is 1. The van der Waals surface area contributed by atoms with Crippen LogP contribution in [-0.4, -0.2) is 143 Å². The number of nitrogens with zero attached hydrogens (tertiary/aromatic N) is 4. The number of fused-ring (bicyclic) bond motifs is 1. The number of benzene rings is 2. The molecule has 7 atom stereocenters. The summed E-state index contributed by atoms with van der Waals surface area (Å²) in [6.45, 7) is 1.15. The van der Waals surface area contributed by atoms with Crippen molar-refractivity contribution < 1.29 is 47.9 Å². The zero-order valence-corrected chi connectivity index (χ0v) is 43.3. The van der Waals surface area contributed by atoms with Gasteiger partial charge < -0.3 is 77.0 Å². The number of aromatic nitrogens is 1. The van der Waals surface area contributed by atoms with Gasteiger partial charge in [-0.25, -0.2) is 0 Å².